The van der Waals surface area contributed by atoms with E-state index in [1.165, 1.54) is 25.3 Å². The average Bonchev–Trinajstić information content (AvgIpc) is 3.52. The maximum atomic E-state index is 13.5. The van der Waals surface area contributed by atoms with Gasteiger partial charge in [-0.1, -0.05) is 6.92 Å². The molecule has 4 aromatic rings. The van der Waals surface area contributed by atoms with Crippen LogP contribution in [0.3, 0.4) is 0 Å². The lowest BCUT2D eigenvalue weighted by Crippen LogP contribution is -2.37. The van der Waals surface area contributed by atoms with Crippen LogP contribution in [0.5, 0.6) is 0 Å². The number of anilines is 2. The molecule has 1 amide bonds. The predicted molar refractivity (Wildman–Crippen MR) is 117 cm³/mol. The molecule has 1 atom stereocenters. The molecule has 0 fully saturated rings. The molecular formula is C21H18F5N9O2. The molecule has 0 saturated carbocycles. The molecule has 11 nitrogen and oxygen atoms in total. The van der Waals surface area contributed by atoms with Crippen molar-refractivity contribution in [2.45, 2.75) is 50.7 Å². The Morgan fingerprint density at radius 1 is 1.19 bits per heavy atom. The summed E-state index contributed by atoms with van der Waals surface area (Å²) < 4.78 is 71.5. The van der Waals surface area contributed by atoms with Crippen molar-refractivity contribution in [1.82, 2.24) is 34.9 Å². The van der Waals surface area contributed by atoms with Crippen LogP contribution < -0.4 is 11.1 Å². The minimum absolute atomic E-state index is 0.00632. The third kappa shape index (κ3) is 3.74. The largest absolute Gasteiger partial charge is 0.453 e. The molecule has 0 saturated heterocycles. The summed E-state index contributed by atoms with van der Waals surface area (Å²) in [5.41, 5.74) is 5.02. The number of pyridine rings is 1. The molecular weight excluding hydrogens is 505 g/mol. The number of carbonyl (C=O) groups excluding carboxylic acids is 1. The molecule has 5 heterocycles. The summed E-state index contributed by atoms with van der Waals surface area (Å²) in [7, 11) is 0. The van der Waals surface area contributed by atoms with Gasteiger partial charge in [0.2, 0.25) is 17.7 Å². The Morgan fingerprint density at radius 2 is 1.95 bits per heavy atom. The minimum Gasteiger partial charge on any atom is -0.424 e. The molecule has 0 spiro atoms. The lowest BCUT2D eigenvalue weighted by Gasteiger charge is -2.19. The molecule has 0 bridgehead atoms. The molecule has 5 rings (SSSR count). The van der Waals surface area contributed by atoms with Gasteiger partial charge in [0.05, 0.1) is 10.9 Å². The molecule has 1 unspecified atom stereocenters. The first-order valence-corrected chi connectivity index (χ1v) is 11.0. The van der Waals surface area contributed by atoms with E-state index in [1.54, 1.807) is 6.92 Å². The van der Waals surface area contributed by atoms with Crippen molar-refractivity contribution < 1.29 is 31.2 Å². The smallest absolute Gasteiger partial charge is 0.424 e. The van der Waals surface area contributed by atoms with E-state index in [1.807, 2.05) is 0 Å². The van der Waals surface area contributed by atoms with Gasteiger partial charge in [-0.3, -0.25) is 4.79 Å². The van der Waals surface area contributed by atoms with E-state index in [0.717, 1.165) is 4.68 Å². The number of rotatable bonds is 6. The minimum atomic E-state index is -5.70. The Bertz CT molecular complexity index is 1530. The van der Waals surface area contributed by atoms with Gasteiger partial charge in [-0.15, -0.1) is 10.2 Å². The van der Waals surface area contributed by atoms with Crippen LogP contribution in [-0.2, 0) is 23.2 Å². The molecule has 0 aromatic carbocycles. The monoisotopic (exact) mass is 523 g/mol. The number of nitrogen functional groups attached to an aromatic ring is 1. The molecule has 37 heavy (non-hydrogen) atoms. The van der Waals surface area contributed by atoms with Crippen molar-refractivity contribution in [3.63, 3.8) is 0 Å². The summed E-state index contributed by atoms with van der Waals surface area (Å²) in [4.78, 5) is 25.6. The highest BCUT2D eigenvalue weighted by Gasteiger charge is 2.57. The number of halogens is 5. The van der Waals surface area contributed by atoms with Gasteiger partial charge in [0, 0.05) is 25.6 Å². The number of aryl methyl sites for hydroxylation is 2. The number of nitrogens with two attached hydrogens (primary N) is 1. The standard InChI is InChI=1S/C21H18F5N9O2/c1-3-10-32-33-18(37-10)19(2)11-13(27)29-15(30-14(11)31-17(19)36)12-9-5-4-7-28-16(9)35(34-12)8-6-20(22,23)21(24,25)26/h4-5,7H,3,6,8H2,1-2H3,(H3,27,29,30,31,36). The number of nitrogens with one attached hydrogen (secondary N) is 1. The van der Waals surface area contributed by atoms with Crippen LogP contribution in [-0.4, -0.2) is 52.9 Å². The van der Waals surface area contributed by atoms with Gasteiger partial charge in [-0.05, 0) is 19.1 Å². The van der Waals surface area contributed by atoms with Crippen LogP contribution in [0, 0.1) is 0 Å². The van der Waals surface area contributed by atoms with Gasteiger partial charge in [0.25, 0.3) is 0 Å². The van der Waals surface area contributed by atoms with E-state index in [4.69, 9.17) is 10.2 Å². The number of carbonyl (C=O) groups is 1. The fourth-order valence-electron chi connectivity index (χ4n) is 4.03. The second kappa shape index (κ2) is 8.14. The summed E-state index contributed by atoms with van der Waals surface area (Å²) in [5.74, 6) is -5.33. The van der Waals surface area contributed by atoms with Gasteiger partial charge in [-0.25, -0.2) is 19.6 Å². The number of nitrogens with zero attached hydrogens (tertiary/aromatic N) is 7. The van der Waals surface area contributed by atoms with Crippen LogP contribution in [0.25, 0.3) is 22.6 Å². The molecule has 16 heteroatoms. The first-order chi connectivity index (χ1) is 17.4. The van der Waals surface area contributed by atoms with Crippen molar-refractivity contribution >= 4 is 28.6 Å². The first kappa shape index (κ1) is 24.5. The maximum absolute atomic E-state index is 13.5. The molecule has 1 aliphatic rings. The highest BCUT2D eigenvalue weighted by molar-refractivity contribution is 6.08. The summed E-state index contributed by atoms with van der Waals surface area (Å²) in [5, 5.41) is 14.9. The van der Waals surface area contributed by atoms with Crippen molar-refractivity contribution in [3.8, 4) is 11.5 Å². The van der Waals surface area contributed by atoms with Gasteiger partial charge in [0.1, 0.15) is 17.3 Å². The van der Waals surface area contributed by atoms with E-state index in [2.05, 4.69) is 35.6 Å². The SMILES string of the molecule is CCc1nnc(C2(C)C(=O)Nc3nc(-c4nn(CCC(F)(F)C(F)(F)F)c5ncccc45)nc(N)c32)o1. The quantitative estimate of drug-likeness (QED) is 0.363. The predicted octanol–water partition coefficient (Wildman–Crippen LogP) is 3.26. The van der Waals surface area contributed by atoms with Gasteiger partial charge in [-0.2, -0.15) is 27.1 Å². The van der Waals surface area contributed by atoms with E-state index < -0.39 is 36.4 Å². The number of alkyl halides is 5. The lowest BCUT2D eigenvalue weighted by atomic mass is 9.84. The van der Waals surface area contributed by atoms with Gasteiger partial charge in [0.15, 0.2) is 16.9 Å². The highest BCUT2D eigenvalue weighted by atomic mass is 19.4. The normalized spacial score (nSPS) is 17.9. The van der Waals surface area contributed by atoms with E-state index >= 15 is 0 Å². The molecule has 1 aliphatic heterocycles. The number of fused-ring (bicyclic) bond motifs is 2. The number of amides is 1. The zero-order valence-corrected chi connectivity index (χ0v) is 19.3. The second-order valence-electron chi connectivity index (χ2n) is 8.49. The summed E-state index contributed by atoms with van der Waals surface area (Å²) in [6.07, 6.45) is -5.47. The third-order valence-electron chi connectivity index (χ3n) is 6.09. The molecule has 4 aromatic heterocycles. The first-order valence-electron chi connectivity index (χ1n) is 11.0. The molecule has 3 N–H and O–H groups in total. The average molecular weight is 523 g/mol. The third-order valence-corrected chi connectivity index (χ3v) is 6.09. The van der Waals surface area contributed by atoms with Crippen LogP contribution in [0.4, 0.5) is 33.6 Å². The van der Waals surface area contributed by atoms with Crippen LogP contribution in [0.15, 0.2) is 22.7 Å². The number of hydrogen-bond acceptors (Lipinski definition) is 9. The van der Waals surface area contributed by atoms with E-state index in [9.17, 15) is 26.7 Å². The molecule has 0 radical (unpaired) electrons. The Balaban J connectivity index is 1.57. The van der Waals surface area contributed by atoms with Crippen molar-refractivity contribution in [3.05, 3.63) is 35.7 Å². The fraction of sp³-hybridized carbons (Fsp3) is 0.381. The zero-order valence-electron chi connectivity index (χ0n) is 19.3. The van der Waals surface area contributed by atoms with Crippen LogP contribution in [0.1, 0.15) is 37.6 Å². The van der Waals surface area contributed by atoms with Crippen molar-refractivity contribution in [2.24, 2.45) is 0 Å². The van der Waals surface area contributed by atoms with E-state index in [0.29, 0.717) is 12.3 Å². The fourth-order valence-corrected chi connectivity index (χ4v) is 4.03. The Morgan fingerprint density at radius 3 is 2.62 bits per heavy atom. The summed E-state index contributed by atoms with van der Waals surface area (Å²) >= 11 is 0. The van der Waals surface area contributed by atoms with E-state index in [-0.39, 0.29) is 45.6 Å². The van der Waals surface area contributed by atoms with Crippen molar-refractivity contribution in [1.29, 1.82) is 0 Å². The maximum Gasteiger partial charge on any atom is 0.453 e. The van der Waals surface area contributed by atoms with Gasteiger partial charge < -0.3 is 15.5 Å². The Hall–Kier alpha value is -4.24. The summed E-state index contributed by atoms with van der Waals surface area (Å²) in [6.45, 7) is 2.54. The number of aromatic nitrogens is 7. The van der Waals surface area contributed by atoms with Crippen LogP contribution >= 0.6 is 0 Å². The second-order valence-corrected chi connectivity index (χ2v) is 8.49. The highest BCUT2D eigenvalue weighted by Crippen LogP contribution is 2.45. The number of hydrogen-bond donors (Lipinski definition) is 2. The summed E-state index contributed by atoms with van der Waals surface area (Å²) in [6, 6.07) is 3.06. The zero-order chi connectivity index (χ0) is 26.8. The molecule has 0 aliphatic carbocycles. The van der Waals surface area contributed by atoms with Gasteiger partial charge >= 0.3 is 12.1 Å². The van der Waals surface area contributed by atoms with Crippen molar-refractivity contribution in [2.75, 3.05) is 11.1 Å². The lowest BCUT2D eigenvalue weighted by molar-refractivity contribution is -0.285. The Kier molecular flexibility index (Phi) is 5.38. The van der Waals surface area contributed by atoms with Crippen LogP contribution in [0.2, 0.25) is 0 Å². The topological polar surface area (TPSA) is 151 Å². The molecule has 194 valence electrons. The Labute approximate surface area is 204 Å².